The van der Waals surface area contributed by atoms with E-state index in [4.69, 9.17) is 4.74 Å². The van der Waals surface area contributed by atoms with Gasteiger partial charge in [0, 0.05) is 18.5 Å². The number of fused-ring (bicyclic) bond motifs is 1. The minimum atomic E-state index is 0.430. The first-order chi connectivity index (χ1) is 9.22. The smallest absolute Gasteiger partial charge is 0.122 e. The standard InChI is InChI=1S/C16H24N2O/c1-12(17-15-5-8-18(2)9-6-15)13-3-4-16-14(11-13)7-10-19-16/h3-4,11-12,15,17H,5-10H2,1-2H3. The lowest BCUT2D eigenvalue weighted by atomic mass is 10.00. The van der Waals surface area contributed by atoms with Crippen molar-refractivity contribution in [3.63, 3.8) is 0 Å². The number of hydrogen-bond acceptors (Lipinski definition) is 3. The van der Waals surface area contributed by atoms with E-state index >= 15 is 0 Å². The van der Waals surface area contributed by atoms with E-state index in [1.54, 1.807) is 0 Å². The molecule has 2 heterocycles. The van der Waals surface area contributed by atoms with Crippen molar-refractivity contribution in [2.24, 2.45) is 0 Å². The molecule has 1 fully saturated rings. The van der Waals surface area contributed by atoms with Crippen LogP contribution >= 0.6 is 0 Å². The minimum Gasteiger partial charge on any atom is -0.493 e. The third kappa shape index (κ3) is 2.93. The molecule has 2 aliphatic heterocycles. The average Bonchev–Trinajstić information content (AvgIpc) is 2.88. The van der Waals surface area contributed by atoms with E-state index in [0.717, 1.165) is 18.8 Å². The van der Waals surface area contributed by atoms with Gasteiger partial charge < -0.3 is 15.0 Å². The van der Waals surface area contributed by atoms with Crippen LogP contribution in [-0.4, -0.2) is 37.7 Å². The Bertz CT molecular complexity index is 438. The molecule has 1 aromatic carbocycles. The number of piperidine rings is 1. The van der Waals surface area contributed by atoms with Crippen LogP contribution < -0.4 is 10.1 Å². The Labute approximate surface area is 115 Å². The van der Waals surface area contributed by atoms with Crippen molar-refractivity contribution in [1.82, 2.24) is 10.2 Å². The number of benzene rings is 1. The Balaban J connectivity index is 1.62. The molecule has 3 heteroatoms. The first-order valence-corrected chi connectivity index (χ1v) is 7.42. The number of nitrogens with zero attached hydrogens (tertiary/aromatic N) is 1. The Morgan fingerprint density at radius 2 is 2.11 bits per heavy atom. The maximum atomic E-state index is 5.57. The largest absolute Gasteiger partial charge is 0.493 e. The molecule has 0 aromatic heterocycles. The van der Waals surface area contributed by atoms with Gasteiger partial charge in [0.05, 0.1) is 6.61 Å². The fourth-order valence-corrected chi connectivity index (χ4v) is 3.10. The van der Waals surface area contributed by atoms with Crippen LogP contribution in [0.15, 0.2) is 18.2 Å². The van der Waals surface area contributed by atoms with Gasteiger partial charge in [-0.1, -0.05) is 12.1 Å². The normalized spacial score (nSPS) is 22.0. The van der Waals surface area contributed by atoms with Crippen molar-refractivity contribution < 1.29 is 4.74 Å². The SMILES string of the molecule is CC(NC1CCN(C)CC1)c1ccc2c(c1)CCO2. The fraction of sp³-hybridized carbons (Fsp3) is 0.625. The number of hydrogen-bond donors (Lipinski definition) is 1. The van der Waals surface area contributed by atoms with Crippen molar-refractivity contribution in [2.45, 2.75) is 38.3 Å². The van der Waals surface area contributed by atoms with Crippen molar-refractivity contribution in [3.8, 4) is 5.75 Å². The summed E-state index contributed by atoms with van der Waals surface area (Å²) in [7, 11) is 2.21. The van der Waals surface area contributed by atoms with Crippen LogP contribution in [0.4, 0.5) is 0 Å². The van der Waals surface area contributed by atoms with Crippen LogP contribution in [-0.2, 0) is 6.42 Å². The first-order valence-electron chi connectivity index (χ1n) is 7.42. The zero-order chi connectivity index (χ0) is 13.2. The van der Waals surface area contributed by atoms with E-state index in [0.29, 0.717) is 12.1 Å². The van der Waals surface area contributed by atoms with E-state index in [-0.39, 0.29) is 0 Å². The van der Waals surface area contributed by atoms with Crippen LogP contribution in [0.1, 0.15) is 36.9 Å². The molecule has 0 amide bonds. The van der Waals surface area contributed by atoms with E-state index in [1.165, 1.54) is 37.1 Å². The van der Waals surface area contributed by atoms with Gasteiger partial charge in [-0.3, -0.25) is 0 Å². The summed E-state index contributed by atoms with van der Waals surface area (Å²) in [6, 6.07) is 7.74. The molecule has 0 aliphatic carbocycles. The lowest BCUT2D eigenvalue weighted by Gasteiger charge is -2.31. The predicted molar refractivity (Wildman–Crippen MR) is 77.7 cm³/mol. The third-order valence-corrected chi connectivity index (χ3v) is 4.42. The second-order valence-electron chi connectivity index (χ2n) is 5.93. The molecule has 1 saturated heterocycles. The molecule has 0 saturated carbocycles. The van der Waals surface area contributed by atoms with Gasteiger partial charge in [-0.25, -0.2) is 0 Å². The van der Waals surface area contributed by atoms with Crippen LogP contribution in [0.2, 0.25) is 0 Å². The second-order valence-corrected chi connectivity index (χ2v) is 5.93. The van der Waals surface area contributed by atoms with Crippen molar-refractivity contribution in [2.75, 3.05) is 26.7 Å². The van der Waals surface area contributed by atoms with Crippen LogP contribution in [0.25, 0.3) is 0 Å². The van der Waals surface area contributed by atoms with Gasteiger partial charge >= 0.3 is 0 Å². The van der Waals surface area contributed by atoms with E-state index < -0.39 is 0 Å². The molecule has 0 bridgehead atoms. The Hall–Kier alpha value is -1.06. The second kappa shape index (κ2) is 5.51. The Kier molecular flexibility index (Phi) is 3.76. The lowest BCUT2D eigenvalue weighted by molar-refractivity contribution is 0.226. The van der Waals surface area contributed by atoms with Crippen LogP contribution in [0.5, 0.6) is 5.75 Å². The number of nitrogens with one attached hydrogen (secondary N) is 1. The van der Waals surface area contributed by atoms with E-state index in [9.17, 15) is 0 Å². The summed E-state index contributed by atoms with van der Waals surface area (Å²) < 4.78 is 5.57. The highest BCUT2D eigenvalue weighted by Gasteiger charge is 2.20. The summed E-state index contributed by atoms with van der Waals surface area (Å²) >= 11 is 0. The summed E-state index contributed by atoms with van der Waals surface area (Å²) in [4.78, 5) is 2.41. The topological polar surface area (TPSA) is 24.5 Å². The summed E-state index contributed by atoms with van der Waals surface area (Å²) in [5.74, 6) is 1.08. The molecule has 0 spiro atoms. The summed E-state index contributed by atoms with van der Waals surface area (Å²) in [5.41, 5.74) is 2.76. The quantitative estimate of drug-likeness (QED) is 0.903. The first kappa shape index (κ1) is 12.9. The van der Waals surface area contributed by atoms with Gasteiger partial charge in [-0.15, -0.1) is 0 Å². The highest BCUT2D eigenvalue weighted by Crippen LogP contribution is 2.28. The van der Waals surface area contributed by atoms with Crippen molar-refractivity contribution >= 4 is 0 Å². The van der Waals surface area contributed by atoms with Gasteiger partial charge in [0.15, 0.2) is 0 Å². The molecule has 1 atom stereocenters. The van der Waals surface area contributed by atoms with E-state index in [1.807, 2.05) is 0 Å². The maximum Gasteiger partial charge on any atom is 0.122 e. The monoisotopic (exact) mass is 260 g/mol. The molecule has 1 aromatic rings. The summed E-state index contributed by atoms with van der Waals surface area (Å²) in [5, 5.41) is 3.78. The molecule has 19 heavy (non-hydrogen) atoms. The highest BCUT2D eigenvalue weighted by molar-refractivity contribution is 5.40. The molecule has 104 valence electrons. The number of rotatable bonds is 3. The third-order valence-electron chi connectivity index (χ3n) is 4.42. The molecule has 1 unspecified atom stereocenters. The Morgan fingerprint density at radius 3 is 2.89 bits per heavy atom. The minimum absolute atomic E-state index is 0.430. The number of likely N-dealkylation sites (tertiary alicyclic amines) is 1. The van der Waals surface area contributed by atoms with Gasteiger partial charge in [0.1, 0.15) is 5.75 Å². The maximum absolute atomic E-state index is 5.57. The molecule has 1 N–H and O–H groups in total. The molecule has 3 nitrogen and oxygen atoms in total. The van der Waals surface area contributed by atoms with Crippen molar-refractivity contribution in [3.05, 3.63) is 29.3 Å². The Morgan fingerprint density at radius 1 is 1.32 bits per heavy atom. The predicted octanol–water partition coefficient (Wildman–Crippen LogP) is 2.37. The van der Waals surface area contributed by atoms with Gasteiger partial charge in [-0.2, -0.15) is 0 Å². The lowest BCUT2D eigenvalue weighted by Crippen LogP contribution is -2.41. The molecular formula is C16H24N2O. The van der Waals surface area contributed by atoms with Gasteiger partial charge in [0.2, 0.25) is 0 Å². The van der Waals surface area contributed by atoms with Gasteiger partial charge in [0.25, 0.3) is 0 Å². The average molecular weight is 260 g/mol. The fourth-order valence-electron chi connectivity index (χ4n) is 3.10. The zero-order valence-corrected chi connectivity index (χ0v) is 12.0. The molecule has 0 radical (unpaired) electrons. The molecule has 2 aliphatic rings. The number of ether oxygens (including phenoxy) is 1. The molecule has 3 rings (SSSR count). The van der Waals surface area contributed by atoms with Crippen LogP contribution in [0.3, 0.4) is 0 Å². The van der Waals surface area contributed by atoms with Crippen molar-refractivity contribution in [1.29, 1.82) is 0 Å². The van der Waals surface area contributed by atoms with Crippen LogP contribution in [0, 0.1) is 0 Å². The van der Waals surface area contributed by atoms with E-state index in [2.05, 4.69) is 42.4 Å². The summed E-state index contributed by atoms with van der Waals surface area (Å²) in [6.45, 7) is 5.54. The zero-order valence-electron chi connectivity index (χ0n) is 12.0. The highest BCUT2D eigenvalue weighted by atomic mass is 16.5. The van der Waals surface area contributed by atoms with Gasteiger partial charge in [-0.05, 0) is 57.1 Å². The molecular weight excluding hydrogens is 236 g/mol. The summed E-state index contributed by atoms with van der Waals surface area (Å²) in [6.07, 6.45) is 3.58.